The zero-order valence-electron chi connectivity index (χ0n) is 10.3. The Hall–Kier alpha value is -0.850. The van der Waals surface area contributed by atoms with Gasteiger partial charge in [-0.2, -0.15) is 0 Å². The summed E-state index contributed by atoms with van der Waals surface area (Å²) in [5.41, 5.74) is 7.97. The van der Waals surface area contributed by atoms with Crippen LogP contribution in [0.25, 0.3) is 0 Å². The van der Waals surface area contributed by atoms with Crippen molar-refractivity contribution in [3.8, 4) is 0 Å². The van der Waals surface area contributed by atoms with Gasteiger partial charge in [0.15, 0.2) is 0 Å². The predicted molar refractivity (Wildman–Crippen MR) is 92.7 cm³/mol. The van der Waals surface area contributed by atoms with Gasteiger partial charge in [-0.25, -0.2) is 0 Å². The Kier molecular flexibility index (Phi) is 5.23. The van der Waals surface area contributed by atoms with E-state index in [4.69, 9.17) is 5.73 Å². The Morgan fingerprint density at radius 2 is 1.60 bits per heavy atom. The number of rotatable bonds is 3. The number of nitrogens with one attached hydrogen (secondary N) is 1. The Bertz CT molecular complexity index is 618. The van der Waals surface area contributed by atoms with Crippen molar-refractivity contribution >= 4 is 65.1 Å². The molecule has 2 aromatic rings. The molecule has 0 radical (unpaired) electrons. The quantitative estimate of drug-likeness (QED) is 0.647. The highest BCUT2D eigenvalue weighted by Gasteiger charge is 2.11. The van der Waals surface area contributed by atoms with E-state index >= 15 is 0 Å². The summed E-state index contributed by atoms with van der Waals surface area (Å²) in [5, 5.41) is 2.87. The van der Waals surface area contributed by atoms with Crippen LogP contribution in [0.5, 0.6) is 0 Å². The van der Waals surface area contributed by atoms with Crippen LogP contribution in [0.15, 0.2) is 49.8 Å². The van der Waals surface area contributed by atoms with Crippen LogP contribution in [0.3, 0.4) is 0 Å². The second-order valence-corrected chi connectivity index (χ2v) is 6.84. The highest BCUT2D eigenvalue weighted by atomic mass is 79.9. The molecule has 6 heteroatoms. The standard InChI is InChI=1S/C14H11Br3N2O/c15-9-3-1-8(2-4-9)5-13(20)19-14-11(16)6-10(18)7-12(14)17/h1-4,6-7H,5,18H2,(H,19,20). The van der Waals surface area contributed by atoms with Crippen LogP contribution in [0.4, 0.5) is 11.4 Å². The maximum Gasteiger partial charge on any atom is 0.228 e. The molecule has 0 aliphatic carbocycles. The molecule has 3 N–H and O–H groups in total. The second kappa shape index (κ2) is 6.74. The first kappa shape index (κ1) is 15.5. The van der Waals surface area contributed by atoms with E-state index in [0.29, 0.717) is 17.8 Å². The summed E-state index contributed by atoms with van der Waals surface area (Å²) in [6.45, 7) is 0. The summed E-state index contributed by atoms with van der Waals surface area (Å²) in [7, 11) is 0. The number of amides is 1. The summed E-state index contributed by atoms with van der Waals surface area (Å²) < 4.78 is 2.48. The molecule has 2 rings (SSSR count). The number of carbonyl (C=O) groups is 1. The van der Waals surface area contributed by atoms with Gasteiger partial charge in [0.05, 0.1) is 12.1 Å². The molecule has 0 spiro atoms. The van der Waals surface area contributed by atoms with Gasteiger partial charge in [-0.1, -0.05) is 28.1 Å². The largest absolute Gasteiger partial charge is 0.399 e. The van der Waals surface area contributed by atoms with E-state index < -0.39 is 0 Å². The van der Waals surface area contributed by atoms with Gasteiger partial charge < -0.3 is 11.1 Å². The Labute approximate surface area is 142 Å². The lowest BCUT2D eigenvalue weighted by molar-refractivity contribution is -0.115. The minimum absolute atomic E-state index is 0.0847. The smallest absolute Gasteiger partial charge is 0.228 e. The molecule has 0 saturated carbocycles. The van der Waals surface area contributed by atoms with Gasteiger partial charge in [0.2, 0.25) is 5.91 Å². The van der Waals surface area contributed by atoms with Crippen molar-refractivity contribution in [1.29, 1.82) is 0 Å². The van der Waals surface area contributed by atoms with Crippen molar-refractivity contribution in [3.05, 3.63) is 55.4 Å². The molecule has 0 aliphatic rings. The van der Waals surface area contributed by atoms with E-state index in [1.165, 1.54) is 0 Å². The summed E-state index contributed by atoms with van der Waals surface area (Å²) in [6.07, 6.45) is 0.316. The van der Waals surface area contributed by atoms with Crippen molar-refractivity contribution < 1.29 is 4.79 Å². The van der Waals surface area contributed by atoms with Crippen molar-refractivity contribution in [1.82, 2.24) is 0 Å². The monoisotopic (exact) mass is 460 g/mol. The first-order valence-electron chi connectivity index (χ1n) is 5.74. The van der Waals surface area contributed by atoms with Crippen LogP contribution >= 0.6 is 47.8 Å². The van der Waals surface area contributed by atoms with Gasteiger partial charge in [-0.05, 0) is 61.7 Å². The molecular weight excluding hydrogens is 452 g/mol. The van der Waals surface area contributed by atoms with Crippen LogP contribution in [-0.4, -0.2) is 5.91 Å². The topological polar surface area (TPSA) is 55.1 Å². The van der Waals surface area contributed by atoms with E-state index in [1.807, 2.05) is 24.3 Å². The summed E-state index contributed by atoms with van der Waals surface area (Å²) in [4.78, 5) is 12.1. The molecule has 20 heavy (non-hydrogen) atoms. The first-order chi connectivity index (χ1) is 9.45. The Balaban J connectivity index is 2.10. The van der Waals surface area contributed by atoms with E-state index in [1.54, 1.807) is 12.1 Å². The fourth-order valence-electron chi connectivity index (χ4n) is 1.68. The second-order valence-electron chi connectivity index (χ2n) is 4.21. The molecule has 0 aliphatic heterocycles. The number of hydrogen-bond donors (Lipinski definition) is 2. The van der Waals surface area contributed by atoms with Crippen LogP contribution in [0.1, 0.15) is 5.56 Å². The maximum atomic E-state index is 12.1. The molecule has 104 valence electrons. The molecule has 0 heterocycles. The third-order valence-corrected chi connectivity index (χ3v) is 4.39. The molecule has 3 nitrogen and oxygen atoms in total. The van der Waals surface area contributed by atoms with E-state index in [2.05, 4.69) is 53.1 Å². The van der Waals surface area contributed by atoms with Crippen LogP contribution < -0.4 is 11.1 Å². The summed E-state index contributed by atoms with van der Waals surface area (Å²) >= 11 is 10.1. The van der Waals surface area contributed by atoms with Gasteiger partial charge in [0.1, 0.15) is 0 Å². The van der Waals surface area contributed by atoms with Gasteiger partial charge in [0, 0.05) is 19.1 Å². The molecule has 0 fully saturated rings. The zero-order valence-corrected chi connectivity index (χ0v) is 15.0. The van der Waals surface area contributed by atoms with Gasteiger partial charge in [-0.15, -0.1) is 0 Å². The number of hydrogen-bond acceptors (Lipinski definition) is 2. The van der Waals surface area contributed by atoms with Crippen LogP contribution in [0, 0.1) is 0 Å². The highest BCUT2D eigenvalue weighted by Crippen LogP contribution is 2.33. The predicted octanol–water partition coefficient (Wildman–Crippen LogP) is 4.74. The molecule has 0 aromatic heterocycles. The van der Waals surface area contributed by atoms with Crippen LogP contribution in [0.2, 0.25) is 0 Å². The Morgan fingerprint density at radius 1 is 1.05 bits per heavy atom. The number of nitrogen functional groups attached to an aromatic ring is 1. The lowest BCUT2D eigenvalue weighted by Gasteiger charge is -2.10. The van der Waals surface area contributed by atoms with Gasteiger partial charge in [0.25, 0.3) is 0 Å². The molecule has 1 amide bonds. The van der Waals surface area contributed by atoms with E-state index in [-0.39, 0.29) is 5.91 Å². The molecule has 2 aromatic carbocycles. The minimum Gasteiger partial charge on any atom is -0.399 e. The van der Waals surface area contributed by atoms with Gasteiger partial charge in [-0.3, -0.25) is 4.79 Å². The zero-order chi connectivity index (χ0) is 14.7. The number of halogens is 3. The lowest BCUT2D eigenvalue weighted by Crippen LogP contribution is -2.15. The molecule has 0 saturated heterocycles. The number of benzene rings is 2. The average molecular weight is 463 g/mol. The van der Waals surface area contributed by atoms with Crippen LogP contribution in [-0.2, 0) is 11.2 Å². The molecular formula is C14H11Br3N2O. The number of nitrogens with two attached hydrogens (primary N) is 1. The fourth-order valence-corrected chi connectivity index (χ4v) is 3.37. The van der Waals surface area contributed by atoms with Crippen molar-refractivity contribution in [2.24, 2.45) is 0 Å². The summed E-state index contributed by atoms with van der Waals surface area (Å²) in [5.74, 6) is -0.0847. The SMILES string of the molecule is Nc1cc(Br)c(NC(=O)Cc2ccc(Br)cc2)c(Br)c1. The molecule has 0 unspecified atom stereocenters. The minimum atomic E-state index is -0.0847. The fraction of sp³-hybridized carbons (Fsp3) is 0.0714. The lowest BCUT2D eigenvalue weighted by atomic mass is 10.1. The van der Waals surface area contributed by atoms with Gasteiger partial charge >= 0.3 is 0 Å². The van der Waals surface area contributed by atoms with Crippen molar-refractivity contribution in [2.75, 3.05) is 11.1 Å². The highest BCUT2D eigenvalue weighted by molar-refractivity contribution is 9.11. The number of anilines is 2. The molecule has 0 atom stereocenters. The average Bonchev–Trinajstić information content (AvgIpc) is 2.36. The normalized spacial score (nSPS) is 10.3. The first-order valence-corrected chi connectivity index (χ1v) is 8.12. The summed E-state index contributed by atoms with van der Waals surface area (Å²) in [6, 6.07) is 11.2. The van der Waals surface area contributed by atoms with Crippen molar-refractivity contribution in [3.63, 3.8) is 0 Å². The maximum absolute atomic E-state index is 12.1. The van der Waals surface area contributed by atoms with Crippen molar-refractivity contribution in [2.45, 2.75) is 6.42 Å². The molecule has 0 bridgehead atoms. The van der Waals surface area contributed by atoms with E-state index in [9.17, 15) is 4.79 Å². The van der Waals surface area contributed by atoms with E-state index in [0.717, 1.165) is 19.0 Å². The Morgan fingerprint density at radius 3 is 2.15 bits per heavy atom. The number of carbonyl (C=O) groups excluding carboxylic acids is 1. The third kappa shape index (κ3) is 4.07. The third-order valence-electron chi connectivity index (χ3n) is 2.61.